The largest absolute Gasteiger partial charge is 0.461 e. The Morgan fingerprint density at radius 3 is 3.11 bits per heavy atom. The molecule has 1 atom stereocenters. The zero-order valence-electron chi connectivity index (χ0n) is 11.2. The third-order valence-corrected chi connectivity index (χ3v) is 3.97. The number of hydrogen-bond acceptors (Lipinski definition) is 1. The highest BCUT2D eigenvalue weighted by molar-refractivity contribution is 5.64. The van der Waals surface area contributed by atoms with Crippen LogP contribution in [0.3, 0.4) is 0 Å². The molecular weight excluding hydrogens is 236 g/mol. The Morgan fingerprint density at radius 2 is 2.16 bits per heavy atom. The Morgan fingerprint density at radius 1 is 1.21 bits per heavy atom. The minimum Gasteiger partial charge on any atom is -0.461 e. The second kappa shape index (κ2) is 5.54. The van der Waals surface area contributed by atoms with Crippen molar-refractivity contribution in [1.82, 2.24) is 0 Å². The predicted octanol–water partition coefficient (Wildman–Crippen LogP) is 4.66. The Hall–Kier alpha value is -1.66. The van der Waals surface area contributed by atoms with Gasteiger partial charge in [-0.3, -0.25) is 5.11 Å². The molecular formula is C17H19O2. The first kappa shape index (κ1) is 12.4. The minimum atomic E-state index is 0.130. The van der Waals surface area contributed by atoms with Crippen molar-refractivity contribution >= 4 is 5.57 Å². The lowest BCUT2D eigenvalue weighted by Crippen LogP contribution is -2.08. The molecule has 1 aliphatic carbocycles. The topological polar surface area (TPSA) is 33.0 Å². The highest BCUT2D eigenvalue weighted by Gasteiger charge is 2.23. The fraction of sp³-hybridized carbons (Fsp3) is 0.471. The van der Waals surface area contributed by atoms with E-state index in [1.165, 1.54) is 12.0 Å². The third-order valence-electron chi connectivity index (χ3n) is 3.97. The molecule has 0 spiro atoms. The van der Waals surface area contributed by atoms with Gasteiger partial charge < -0.3 is 4.42 Å². The molecule has 0 aromatic carbocycles. The summed E-state index contributed by atoms with van der Waals surface area (Å²) in [6.07, 6.45) is 10.9. The van der Waals surface area contributed by atoms with Crippen molar-refractivity contribution in [2.75, 3.05) is 0 Å². The van der Waals surface area contributed by atoms with Crippen LogP contribution < -0.4 is 0 Å². The minimum absolute atomic E-state index is 0.130. The SMILES string of the molecule is [O]C1=C=CCCCc2ccc(o2)C2=CCCCC2C1. The van der Waals surface area contributed by atoms with Crippen LogP contribution in [0.4, 0.5) is 0 Å². The van der Waals surface area contributed by atoms with Crippen molar-refractivity contribution in [3.63, 3.8) is 0 Å². The van der Waals surface area contributed by atoms with Gasteiger partial charge in [0, 0.05) is 12.8 Å². The molecule has 2 bridgehead atoms. The van der Waals surface area contributed by atoms with Crippen LogP contribution in [0.2, 0.25) is 0 Å². The van der Waals surface area contributed by atoms with Crippen LogP contribution >= 0.6 is 0 Å². The molecule has 3 rings (SSSR count). The maximum atomic E-state index is 11.9. The molecule has 1 unspecified atom stereocenters. The molecule has 0 fully saturated rings. The van der Waals surface area contributed by atoms with Crippen molar-refractivity contribution < 1.29 is 9.52 Å². The first-order valence-corrected chi connectivity index (χ1v) is 7.23. The summed E-state index contributed by atoms with van der Waals surface area (Å²) in [5, 5.41) is 11.9. The second-order valence-corrected chi connectivity index (χ2v) is 5.42. The summed E-state index contributed by atoms with van der Waals surface area (Å²) in [5.41, 5.74) is 4.14. The van der Waals surface area contributed by atoms with Crippen molar-refractivity contribution in [3.8, 4) is 0 Å². The summed E-state index contributed by atoms with van der Waals surface area (Å²) in [4.78, 5) is 0. The molecule has 99 valence electrons. The lowest BCUT2D eigenvalue weighted by atomic mass is 9.83. The first-order valence-electron chi connectivity index (χ1n) is 7.23. The summed E-state index contributed by atoms with van der Waals surface area (Å²) in [6, 6.07) is 4.15. The van der Waals surface area contributed by atoms with Crippen molar-refractivity contribution in [2.45, 2.75) is 44.9 Å². The van der Waals surface area contributed by atoms with E-state index in [-0.39, 0.29) is 5.76 Å². The van der Waals surface area contributed by atoms with Crippen LogP contribution in [-0.2, 0) is 11.5 Å². The van der Waals surface area contributed by atoms with E-state index in [0.29, 0.717) is 12.3 Å². The van der Waals surface area contributed by atoms with Gasteiger partial charge >= 0.3 is 0 Å². The Kier molecular flexibility index (Phi) is 3.61. The fourth-order valence-electron chi connectivity index (χ4n) is 2.97. The molecule has 1 aromatic rings. The Balaban J connectivity index is 1.97. The molecule has 0 amide bonds. The quantitative estimate of drug-likeness (QED) is 0.621. The lowest BCUT2D eigenvalue weighted by Gasteiger charge is -2.21. The number of hydrogen-bond donors (Lipinski definition) is 0. The molecule has 2 heteroatoms. The monoisotopic (exact) mass is 255 g/mol. The average molecular weight is 255 g/mol. The third kappa shape index (κ3) is 2.85. The summed E-state index contributed by atoms with van der Waals surface area (Å²) in [6.45, 7) is 0. The number of aryl methyl sites for hydroxylation is 1. The lowest BCUT2D eigenvalue weighted by molar-refractivity contribution is 0.267. The van der Waals surface area contributed by atoms with E-state index in [1.54, 1.807) is 0 Å². The molecule has 0 N–H and O–H groups in total. The smallest absolute Gasteiger partial charge is 0.198 e. The van der Waals surface area contributed by atoms with E-state index in [0.717, 1.165) is 43.6 Å². The molecule has 19 heavy (non-hydrogen) atoms. The maximum Gasteiger partial charge on any atom is 0.198 e. The number of rotatable bonds is 0. The van der Waals surface area contributed by atoms with Crippen molar-refractivity contribution in [2.24, 2.45) is 5.92 Å². The molecule has 1 radical (unpaired) electrons. The van der Waals surface area contributed by atoms with E-state index in [9.17, 15) is 5.11 Å². The molecule has 0 saturated heterocycles. The van der Waals surface area contributed by atoms with E-state index >= 15 is 0 Å². The van der Waals surface area contributed by atoms with Gasteiger partial charge in [-0.2, -0.15) is 0 Å². The van der Waals surface area contributed by atoms with E-state index in [1.807, 2.05) is 6.08 Å². The molecule has 2 heterocycles. The molecule has 1 aromatic heterocycles. The second-order valence-electron chi connectivity index (χ2n) is 5.42. The van der Waals surface area contributed by atoms with Gasteiger partial charge in [-0.15, -0.1) is 0 Å². The van der Waals surface area contributed by atoms with Gasteiger partial charge in [-0.1, -0.05) is 11.8 Å². The van der Waals surface area contributed by atoms with Crippen LogP contribution in [0, 0.1) is 5.92 Å². The van der Waals surface area contributed by atoms with Gasteiger partial charge in [0.1, 0.15) is 11.5 Å². The standard InChI is InChI=1S/C17H19O2/c18-14-7-2-1-3-8-15-10-11-17(19-15)16-9-5-4-6-13(16)12-14/h2,9-11,13H,1,3-6,8,12H2. The van der Waals surface area contributed by atoms with Gasteiger partial charge in [-0.25, -0.2) is 0 Å². The Bertz CT molecular complexity index is 541. The predicted molar refractivity (Wildman–Crippen MR) is 73.9 cm³/mol. The van der Waals surface area contributed by atoms with Crippen molar-refractivity contribution in [3.05, 3.63) is 47.3 Å². The highest BCUT2D eigenvalue weighted by Crippen LogP contribution is 2.37. The van der Waals surface area contributed by atoms with Crippen LogP contribution in [0.1, 0.15) is 50.0 Å². The summed E-state index contributed by atoms with van der Waals surface area (Å²) >= 11 is 0. The fourth-order valence-corrected chi connectivity index (χ4v) is 2.97. The zero-order chi connectivity index (χ0) is 13.1. The van der Waals surface area contributed by atoms with Crippen LogP contribution in [0.5, 0.6) is 0 Å². The number of furan rings is 1. The first-order chi connectivity index (χ1) is 9.33. The van der Waals surface area contributed by atoms with E-state index in [4.69, 9.17) is 4.42 Å². The molecule has 0 saturated carbocycles. The van der Waals surface area contributed by atoms with E-state index < -0.39 is 0 Å². The van der Waals surface area contributed by atoms with E-state index in [2.05, 4.69) is 23.9 Å². The zero-order valence-corrected chi connectivity index (χ0v) is 11.2. The highest BCUT2D eigenvalue weighted by atomic mass is 16.3. The van der Waals surface area contributed by atoms with Gasteiger partial charge in [0.15, 0.2) is 5.76 Å². The maximum absolute atomic E-state index is 11.9. The molecule has 2 aliphatic rings. The summed E-state index contributed by atoms with van der Waals surface area (Å²) in [7, 11) is 0. The van der Waals surface area contributed by atoms with Crippen molar-refractivity contribution in [1.29, 1.82) is 0 Å². The van der Waals surface area contributed by atoms with Gasteiger partial charge in [0.25, 0.3) is 0 Å². The van der Waals surface area contributed by atoms with Gasteiger partial charge in [0.2, 0.25) is 0 Å². The van der Waals surface area contributed by atoms with Gasteiger partial charge in [0.05, 0.1) is 0 Å². The summed E-state index contributed by atoms with van der Waals surface area (Å²) in [5.74, 6) is 2.46. The average Bonchev–Trinajstić information content (AvgIpc) is 2.86. The molecule has 1 aliphatic heterocycles. The normalized spacial score (nSPS) is 23.7. The number of fused-ring (bicyclic) bond motifs is 4. The Labute approximate surface area is 114 Å². The van der Waals surface area contributed by atoms with Gasteiger partial charge in [-0.05, 0) is 61.8 Å². The molecule has 2 nitrogen and oxygen atoms in total. The summed E-state index contributed by atoms with van der Waals surface area (Å²) < 4.78 is 5.95. The van der Waals surface area contributed by atoms with Crippen LogP contribution in [0.25, 0.3) is 5.57 Å². The van der Waals surface area contributed by atoms with Crippen LogP contribution in [-0.4, -0.2) is 0 Å². The number of allylic oxidation sites excluding steroid dienone is 3. The van der Waals surface area contributed by atoms with Crippen LogP contribution in [0.15, 0.2) is 40.2 Å².